The maximum absolute atomic E-state index is 12.3. The Labute approximate surface area is 268 Å². The van der Waals surface area contributed by atoms with Crippen LogP contribution in [0.25, 0.3) is 0 Å². The molecule has 0 aromatic carbocycles. The first-order valence-corrected chi connectivity index (χ1v) is 16.8. The van der Waals surface area contributed by atoms with Crippen LogP contribution in [0, 0.1) is 11.8 Å². The summed E-state index contributed by atoms with van der Waals surface area (Å²) in [6, 6.07) is 0. The lowest BCUT2D eigenvalue weighted by atomic mass is 10.0. The second-order valence-corrected chi connectivity index (χ2v) is 11.7. The molecule has 0 heterocycles. The van der Waals surface area contributed by atoms with Crippen LogP contribution < -0.4 is 0 Å². The fourth-order valence-corrected chi connectivity index (χ4v) is 4.43. The Kier molecular flexibility index (Phi) is 26.7. The van der Waals surface area contributed by atoms with Crippen LogP contribution in [0.2, 0.25) is 0 Å². The van der Waals surface area contributed by atoms with Gasteiger partial charge in [0.25, 0.3) is 0 Å². The number of hydrogen-bond acceptors (Lipinski definition) is 6. The molecule has 0 fully saturated rings. The molecule has 44 heavy (non-hydrogen) atoms. The average molecular weight is 613 g/mol. The molecular formula is C38H60O6. The van der Waals surface area contributed by atoms with Gasteiger partial charge in [-0.1, -0.05) is 100 Å². The Hall–Kier alpha value is -3.07. The summed E-state index contributed by atoms with van der Waals surface area (Å²) in [6.07, 6.45) is 27.1. The summed E-state index contributed by atoms with van der Waals surface area (Å²) in [5.41, 5.74) is 2.49. The van der Waals surface area contributed by atoms with Gasteiger partial charge in [-0.2, -0.15) is 0 Å². The SMILES string of the molecule is CCCCCCCC/C=C/CCCCCCCCC(=O)OCC/C(=C/OC(C)=O)C(C/C=C(\C)C#CC=C(C)C)OC(C)=O. The summed E-state index contributed by atoms with van der Waals surface area (Å²) >= 11 is 0. The first-order chi connectivity index (χ1) is 21.1. The van der Waals surface area contributed by atoms with Gasteiger partial charge in [0, 0.05) is 38.7 Å². The molecule has 0 spiro atoms. The van der Waals surface area contributed by atoms with Crippen molar-refractivity contribution in [3.05, 3.63) is 47.3 Å². The molecule has 0 saturated carbocycles. The third kappa shape index (κ3) is 27.7. The zero-order chi connectivity index (χ0) is 32.8. The molecule has 0 radical (unpaired) electrons. The minimum absolute atomic E-state index is 0.110. The van der Waals surface area contributed by atoms with E-state index in [2.05, 4.69) is 30.9 Å². The first kappa shape index (κ1) is 40.9. The van der Waals surface area contributed by atoms with Gasteiger partial charge in [0.1, 0.15) is 6.10 Å². The summed E-state index contributed by atoms with van der Waals surface area (Å²) in [7, 11) is 0. The van der Waals surface area contributed by atoms with Crippen LogP contribution in [0.3, 0.4) is 0 Å². The maximum Gasteiger partial charge on any atom is 0.307 e. The normalized spacial score (nSPS) is 12.3. The highest BCUT2D eigenvalue weighted by Gasteiger charge is 2.18. The Morgan fingerprint density at radius 2 is 1.32 bits per heavy atom. The van der Waals surface area contributed by atoms with Crippen LogP contribution in [-0.2, 0) is 28.6 Å². The van der Waals surface area contributed by atoms with Crippen LogP contribution in [0.1, 0.15) is 151 Å². The first-order valence-electron chi connectivity index (χ1n) is 16.8. The molecular weight excluding hydrogens is 552 g/mol. The summed E-state index contributed by atoms with van der Waals surface area (Å²) in [4.78, 5) is 35.5. The summed E-state index contributed by atoms with van der Waals surface area (Å²) in [6.45, 7) is 10.8. The average Bonchev–Trinajstić information content (AvgIpc) is 2.96. The molecule has 0 rings (SSSR count). The van der Waals surface area contributed by atoms with Crippen LogP contribution in [0.15, 0.2) is 47.3 Å². The predicted molar refractivity (Wildman–Crippen MR) is 181 cm³/mol. The number of allylic oxidation sites excluding steroid dienone is 5. The third-order valence-corrected chi connectivity index (χ3v) is 6.91. The zero-order valence-corrected chi connectivity index (χ0v) is 28.6. The Balaban J connectivity index is 4.42. The van der Waals surface area contributed by atoms with Gasteiger partial charge in [0.05, 0.1) is 12.9 Å². The van der Waals surface area contributed by atoms with E-state index in [9.17, 15) is 14.4 Å². The molecule has 0 aliphatic rings. The summed E-state index contributed by atoms with van der Waals surface area (Å²) in [5, 5.41) is 0. The second-order valence-electron chi connectivity index (χ2n) is 11.7. The van der Waals surface area contributed by atoms with E-state index in [4.69, 9.17) is 14.2 Å². The molecule has 0 aromatic heterocycles. The molecule has 0 N–H and O–H groups in total. The number of esters is 3. The van der Waals surface area contributed by atoms with E-state index in [0.717, 1.165) is 36.8 Å². The predicted octanol–water partition coefficient (Wildman–Crippen LogP) is 10.0. The molecule has 6 nitrogen and oxygen atoms in total. The van der Waals surface area contributed by atoms with E-state index in [0.29, 0.717) is 18.4 Å². The monoisotopic (exact) mass is 612 g/mol. The van der Waals surface area contributed by atoms with Crippen molar-refractivity contribution in [3.8, 4) is 11.8 Å². The zero-order valence-electron chi connectivity index (χ0n) is 28.6. The van der Waals surface area contributed by atoms with Crippen molar-refractivity contribution in [1.82, 2.24) is 0 Å². The number of carbonyl (C=O) groups is 3. The van der Waals surface area contributed by atoms with Gasteiger partial charge in [-0.25, -0.2) is 0 Å². The van der Waals surface area contributed by atoms with Crippen molar-refractivity contribution < 1.29 is 28.6 Å². The molecule has 1 unspecified atom stereocenters. The van der Waals surface area contributed by atoms with Crippen molar-refractivity contribution in [1.29, 1.82) is 0 Å². The van der Waals surface area contributed by atoms with Gasteiger partial charge in [-0.3, -0.25) is 14.4 Å². The smallest absolute Gasteiger partial charge is 0.307 e. The lowest BCUT2D eigenvalue weighted by Gasteiger charge is -2.19. The van der Waals surface area contributed by atoms with E-state index in [1.54, 1.807) is 0 Å². The maximum atomic E-state index is 12.3. The van der Waals surface area contributed by atoms with Crippen LogP contribution in [0.4, 0.5) is 0 Å². The van der Waals surface area contributed by atoms with Gasteiger partial charge in [0.2, 0.25) is 0 Å². The summed E-state index contributed by atoms with van der Waals surface area (Å²) < 4.78 is 16.1. The van der Waals surface area contributed by atoms with Gasteiger partial charge >= 0.3 is 17.9 Å². The quantitative estimate of drug-likeness (QED) is 0.0269. The van der Waals surface area contributed by atoms with Crippen molar-refractivity contribution in [2.24, 2.45) is 0 Å². The topological polar surface area (TPSA) is 78.9 Å². The van der Waals surface area contributed by atoms with Gasteiger partial charge < -0.3 is 14.2 Å². The number of rotatable bonds is 24. The Morgan fingerprint density at radius 1 is 0.727 bits per heavy atom. The lowest BCUT2D eigenvalue weighted by molar-refractivity contribution is -0.146. The number of ether oxygens (including phenoxy) is 3. The lowest BCUT2D eigenvalue weighted by Crippen LogP contribution is -2.21. The minimum atomic E-state index is -0.665. The van der Waals surface area contributed by atoms with E-state index in [-0.39, 0.29) is 19.0 Å². The molecule has 0 aliphatic heterocycles. The highest BCUT2D eigenvalue weighted by molar-refractivity contribution is 5.69. The van der Waals surface area contributed by atoms with Crippen LogP contribution in [0.5, 0.6) is 0 Å². The molecule has 1 atom stereocenters. The molecule has 0 bridgehead atoms. The van der Waals surface area contributed by atoms with Crippen LogP contribution >= 0.6 is 0 Å². The highest BCUT2D eigenvalue weighted by Crippen LogP contribution is 2.18. The van der Waals surface area contributed by atoms with Crippen molar-refractivity contribution in [3.63, 3.8) is 0 Å². The molecule has 0 amide bonds. The van der Waals surface area contributed by atoms with Crippen molar-refractivity contribution in [2.75, 3.05) is 6.61 Å². The summed E-state index contributed by atoms with van der Waals surface area (Å²) in [5.74, 6) is 4.83. The number of carbonyl (C=O) groups excluding carboxylic acids is 3. The third-order valence-electron chi connectivity index (χ3n) is 6.91. The second kappa shape index (κ2) is 28.7. The molecule has 6 heteroatoms. The fraction of sp³-hybridized carbons (Fsp3) is 0.658. The van der Waals surface area contributed by atoms with Crippen molar-refractivity contribution in [2.45, 2.75) is 157 Å². The Bertz CT molecular complexity index is 985. The van der Waals surface area contributed by atoms with E-state index in [1.807, 2.05) is 32.9 Å². The Morgan fingerprint density at radius 3 is 1.89 bits per heavy atom. The molecule has 248 valence electrons. The van der Waals surface area contributed by atoms with Gasteiger partial charge in [0.15, 0.2) is 0 Å². The van der Waals surface area contributed by atoms with E-state index >= 15 is 0 Å². The fourth-order valence-electron chi connectivity index (χ4n) is 4.43. The van der Waals surface area contributed by atoms with Gasteiger partial charge in [-0.15, -0.1) is 0 Å². The van der Waals surface area contributed by atoms with Gasteiger partial charge in [-0.05, 0) is 64.5 Å². The molecule has 0 aliphatic carbocycles. The number of hydrogen-bond donors (Lipinski definition) is 0. The van der Waals surface area contributed by atoms with Crippen molar-refractivity contribution >= 4 is 17.9 Å². The van der Waals surface area contributed by atoms with E-state index in [1.165, 1.54) is 84.3 Å². The van der Waals surface area contributed by atoms with Crippen LogP contribution in [-0.4, -0.2) is 30.6 Å². The highest BCUT2D eigenvalue weighted by atomic mass is 16.6. The molecule has 0 aromatic rings. The largest absolute Gasteiger partial charge is 0.465 e. The number of unbranched alkanes of at least 4 members (excludes halogenated alkanes) is 12. The van der Waals surface area contributed by atoms with E-state index < -0.39 is 18.0 Å². The molecule has 0 saturated heterocycles. The minimum Gasteiger partial charge on any atom is -0.465 e. The standard InChI is InChI=1S/C38H60O6/c1-7-8-9-10-11-12-13-14-15-16-17-18-19-20-21-22-26-38(41)42-30-29-36(31-43-34(5)39)37(44-35(6)40)28-27-33(4)25-23-24-32(2)3/h14-15,24,27,31,37H,7-13,16-22,26,28-30H2,1-6H3/b15-14+,33-27+,36-31-.